The van der Waals surface area contributed by atoms with Gasteiger partial charge in [-0.2, -0.15) is 0 Å². The molecule has 13 rings (SSSR count). The molecule has 11 aromatic carbocycles. The van der Waals surface area contributed by atoms with Crippen LogP contribution in [0.5, 0.6) is 0 Å². The summed E-state index contributed by atoms with van der Waals surface area (Å²) in [7, 11) is 0. The Morgan fingerprint density at radius 1 is 0.313 bits per heavy atom. The Morgan fingerprint density at radius 3 is 1.54 bits per heavy atom. The first kappa shape index (κ1) is 39.1. The molecular weight excluding hydrogens is 807 g/mol. The minimum atomic E-state index is -0.454. The van der Waals surface area contributed by atoms with Crippen molar-refractivity contribution < 1.29 is 0 Å². The zero-order valence-electron chi connectivity index (χ0n) is 37.6. The highest BCUT2D eigenvalue weighted by atomic mass is 15.1. The van der Waals surface area contributed by atoms with Crippen LogP contribution in [0.15, 0.2) is 249 Å². The summed E-state index contributed by atoms with van der Waals surface area (Å²) in [5.41, 5.74) is 20.7. The summed E-state index contributed by atoms with van der Waals surface area (Å²) >= 11 is 0. The fourth-order valence-corrected chi connectivity index (χ4v) is 11.9. The maximum Gasteiger partial charge on any atom is 0.0713 e. The lowest BCUT2D eigenvalue weighted by Gasteiger charge is -2.34. The molecule has 11 aromatic rings. The quantitative estimate of drug-likeness (QED) is 0.144. The van der Waals surface area contributed by atoms with Crippen LogP contribution in [0.3, 0.4) is 0 Å². The van der Waals surface area contributed by atoms with Gasteiger partial charge in [0.05, 0.1) is 11.1 Å². The molecule has 0 unspecified atom stereocenters. The molecule has 0 N–H and O–H groups in total. The molecule has 0 saturated carbocycles. The zero-order valence-corrected chi connectivity index (χ0v) is 37.6. The van der Waals surface area contributed by atoms with Crippen molar-refractivity contribution in [3.63, 3.8) is 0 Å². The lowest BCUT2D eigenvalue weighted by atomic mass is 9.67. The Balaban J connectivity index is 0.960. The van der Waals surface area contributed by atoms with Gasteiger partial charge in [-0.1, -0.05) is 220 Å². The second-order valence-electron chi connectivity index (χ2n) is 18.8. The third-order valence-corrected chi connectivity index (χ3v) is 14.9. The Kier molecular flexibility index (Phi) is 8.85. The van der Waals surface area contributed by atoms with E-state index in [1.165, 1.54) is 105 Å². The minimum absolute atomic E-state index is 0.125. The maximum atomic E-state index is 2.47. The van der Waals surface area contributed by atoms with Crippen LogP contribution in [0.4, 0.5) is 17.1 Å². The molecule has 0 amide bonds. The Labute approximate surface area is 392 Å². The SMILES string of the molecule is CC1(C)c2ccccc2-c2c(N(c3ccc(-c4ccc5c(c4)C(c4ccccc4)(c4ccccc4)c4ccccc4-5)cc3)c3ccc(-c4cc5ccccc5c5ccccc45)cc3)cccc21. The van der Waals surface area contributed by atoms with Gasteiger partial charge in [0.15, 0.2) is 0 Å². The van der Waals surface area contributed by atoms with Crippen LogP contribution in [-0.4, -0.2) is 0 Å². The molecule has 0 aromatic heterocycles. The van der Waals surface area contributed by atoms with Gasteiger partial charge in [-0.15, -0.1) is 0 Å². The van der Waals surface area contributed by atoms with Gasteiger partial charge in [0.2, 0.25) is 0 Å². The maximum absolute atomic E-state index is 2.47. The fraction of sp³-hybridized carbons (Fsp3) is 0.0606. The predicted molar refractivity (Wildman–Crippen MR) is 282 cm³/mol. The summed E-state index contributed by atoms with van der Waals surface area (Å²) in [6.07, 6.45) is 0. The molecule has 316 valence electrons. The first-order chi connectivity index (χ1) is 33.0. The second-order valence-corrected chi connectivity index (χ2v) is 18.8. The monoisotopic (exact) mass is 853 g/mol. The van der Waals surface area contributed by atoms with E-state index in [-0.39, 0.29) is 5.41 Å². The molecule has 1 nitrogen and oxygen atoms in total. The molecule has 2 aliphatic rings. The Bertz CT molecular complexity index is 3650. The number of hydrogen-bond acceptors (Lipinski definition) is 1. The van der Waals surface area contributed by atoms with E-state index < -0.39 is 5.41 Å². The van der Waals surface area contributed by atoms with Crippen molar-refractivity contribution in [2.75, 3.05) is 4.90 Å². The highest BCUT2D eigenvalue weighted by Crippen LogP contribution is 2.57. The van der Waals surface area contributed by atoms with Gasteiger partial charge in [0.25, 0.3) is 0 Å². The summed E-state index contributed by atoms with van der Waals surface area (Å²) in [4.78, 5) is 2.47. The molecule has 0 radical (unpaired) electrons. The third kappa shape index (κ3) is 5.88. The van der Waals surface area contributed by atoms with Gasteiger partial charge >= 0.3 is 0 Å². The van der Waals surface area contributed by atoms with Gasteiger partial charge in [-0.25, -0.2) is 0 Å². The molecule has 0 spiro atoms. The lowest BCUT2D eigenvalue weighted by molar-refractivity contribution is 0.660. The summed E-state index contributed by atoms with van der Waals surface area (Å²) in [5, 5.41) is 5.08. The van der Waals surface area contributed by atoms with E-state index in [9.17, 15) is 0 Å². The molecular formula is C66H47N. The molecule has 0 aliphatic heterocycles. The third-order valence-electron chi connectivity index (χ3n) is 14.9. The molecule has 0 bridgehead atoms. The van der Waals surface area contributed by atoms with Gasteiger partial charge < -0.3 is 4.90 Å². The molecule has 0 atom stereocenters. The summed E-state index contributed by atoms with van der Waals surface area (Å²) < 4.78 is 0. The van der Waals surface area contributed by atoms with Crippen LogP contribution < -0.4 is 4.90 Å². The van der Waals surface area contributed by atoms with Gasteiger partial charge in [-0.05, 0) is 136 Å². The number of fused-ring (bicyclic) bond motifs is 9. The van der Waals surface area contributed by atoms with Crippen molar-refractivity contribution in [2.24, 2.45) is 0 Å². The van der Waals surface area contributed by atoms with Crippen LogP contribution in [0, 0.1) is 0 Å². The van der Waals surface area contributed by atoms with Crippen molar-refractivity contribution in [3.05, 3.63) is 282 Å². The van der Waals surface area contributed by atoms with Crippen molar-refractivity contribution in [2.45, 2.75) is 24.7 Å². The largest absolute Gasteiger partial charge is 0.310 e. The van der Waals surface area contributed by atoms with Crippen LogP contribution in [0.1, 0.15) is 47.2 Å². The average Bonchev–Trinajstić information content (AvgIpc) is 3.82. The number of rotatable bonds is 7. The van der Waals surface area contributed by atoms with Crippen LogP contribution in [0.25, 0.3) is 66.1 Å². The first-order valence-electron chi connectivity index (χ1n) is 23.5. The number of nitrogens with zero attached hydrogens (tertiary/aromatic N) is 1. The highest BCUT2D eigenvalue weighted by molar-refractivity contribution is 6.14. The minimum Gasteiger partial charge on any atom is -0.310 e. The van der Waals surface area contributed by atoms with E-state index in [1.54, 1.807) is 0 Å². The van der Waals surface area contributed by atoms with Gasteiger partial charge in [0, 0.05) is 22.4 Å². The van der Waals surface area contributed by atoms with Crippen LogP contribution in [0.2, 0.25) is 0 Å². The van der Waals surface area contributed by atoms with E-state index in [1.807, 2.05) is 0 Å². The normalized spacial score (nSPS) is 13.8. The lowest BCUT2D eigenvalue weighted by Crippen LogP contribution is -2.28. The smallest absolute Gasteiger partial charge is 0.0713 e. The van der Waals surface area contributed by atoms with Crippen molar-refractivity contribution >= 4 is 38.6 Å². The fourth-order valence-electron chi connectivity index (χ4n) is 11.9. The van der Waals surface area contributed by atoms with Gasteiger partial charge in [-0.3, -0.25) is 0 Å². The number of benzene rings is 11. The van der Waals surface area contributed by atoms with E-state index in [0.717, 1.165) is 11.4 Å². The summed E-state index contributed by atoms with van der Waals surface area (Å²) in [5.74, 6) is 0. The molecule has 0 heterocycles. The summed E-state index contributed by atoms with van der Waals surface area (Å²) in [6, 6.07) is 92.5. The second kappa shape index (κ2) is 15.2. The van der Waals surface area contributed by atoms with Crippen LogP contribution >= 0.6 is 0 Å². The molecule has 0 fully saturated rings. The number of anilines is 3. The van der Waals surface area contributed by atoms with E-state index in [2.05, 4.69) is 267 Å². The van der Waals surface area contributed by atoms with Gasteiger partial charge in [0.1, 0.15) is 0 Å². The van der Waals surface area contributed by atoms with Crippen molar-refractivity contribution in [3.8, 4) is 44.5 Å². The first-order valence-corrected chi connectivity index (χ1v) is 23.5. The van der Waals surface area contributed by atoms with E-state index >= 15 is 0 Å². The molecule has 1 heteroatoms. The Hall–Kier alpha value is -8.26. The van der Waals surface area contributed by atoms with E-state index in [4.69, 9.17) is 0 Å². The van der Waals surface area contributed by atoms with Crippen molar-refractivity contribution in [1.82, 2.24) is 0 Å². The zero-order chi connectivity index (χ0) is 44.7. The standard InChI is InChI=1S/C66H47N/c1-65(2)59-28-15-14-27-57(59)64-61(65)30-17-31-63(64)67(51-39-34-45(35-40-51)58-42-47-18-9-10-23-52(47)53-24-11-12-25-54(53)58)50-37-32-44(33-38-50)46-36-41-56-55-26-13-16-29-60(55)66(62(56)43-46,48-19-5-3-6-20-48)49-21-7-4-8-22-49/h3-43H,1-2H3. The van der Waals surface area contributed by atoms with Crippen LogP contribution in [-0.2, 0) is 10.8 Å². The number of hydrogen-bond donors (Lipinski definition) is 0. The van der Waals surface area contributed by atoms with Crippen molar-refractivity contribution in [1.29, 1.82) is 0 Å². The molecule has 67 heavy (non-hydrogen) atoms. The molecule has 2 aliphatic carbocycles. The predicted octanol–water partition coefficient (Wildman–Crippen LogP) is 17.5. The average molecular weight is 854 g/mol. The summed E-state index contributed by atoms with van der Waals surface area (Å²) in [6.45, 7) is 4.73. The highest BCUT2D eigenvalue weighted by Gasteiger charge is 2.46. The molecule has 0 saturated heterocycles. The van der Waals surface area contributed by atoms with E-state index in [0.29, 0.717) is 0 Å². The Morgan fingerprint density at radius 2 is 0.836 bits per heavy atom. The topological polar surface area (TPSA) is 3.24 Å².